The minimum absolute atomic E-state index is 0.465. The molecule has 6 heteroatoms. The van der Waals surface area contributed by atoms with E-state index < -0.39 is 0 Å². The predicted octanol–water partition coefficient (Wildman–Crippen LogP) is 3.84. The maximum atomic E-state index is 5.89. The molecule has 1 atom stereocenters. The van der Waals surface area contributed by atoms with E-state index in [4.69, 9.17) is 14.2 Å². The van der Waals surface area contributed by atoms with Crippen molar-refractivity contribution in [3.05, 3.63) is 24.7 Å². The number of hydrogen-bond acceptors (Lipinski definition) is 5. The molecule has 0 unspecified atom stereocenters. The highest BCUT2D eigenvalue weighted by atomic mass is 16.5. The van der Waals surface area contributed by atoms with E-state index >= 15 is 0 Å². The van der Waals surface area contributed by atoms with Crippen molar-refractivity contribution in [2.75, 3.05) is 33.4 Å². The number of piperidine rings is 1. The molecule has 1 aromatic heterocycles. The lowest BCUT2D eigenvalue weighted by Crippen LogP contribution is -2.41. The smallest absolute Gasteiger partial charge is 0.164 e. The Bertz CT molecular complexity index is 796. The number of rotatable bonds is 5. The third-order valence-electron chi connectivity index (χ3n) is 5.96. The van der Waals surface area contributed by atoms with Crippen molar-refractivity contribution >= 4 is 0 Å². The summed E-state index contributed by atoms with van der Waals surface area (Å²) in [6, 6.07) is 4.43. The number of methoxy groups -OCH3 is 1. The Labute approximate surface area is 167 Å². The van der Waals surface area contributed by atoms with Gasteiger partial charge in [0.25, 0.3) is 0 Å². The molecular formula is C22H31N3O3. The monoisotopic (exact) mass is 385 g/mol. The molecule has 0 bridgehead atoms. The van der Waals surface area contributed by atoms with Crippen LogP contribution in [0.15, 0.2) is 24.7 Å². The van der Waals surface area contributed by atoms with Gasteiger partial charge < -0.3 is 18.8 Å². The lowest BCUT2D eigenvalue weighted by atomic mass is 9.98. The van der Waals surface area contributed by atoms with Crippen molar-refractivity contribution in [2.45, 2.75) is 45.7 Å². The standard InChI is InChI=1S/C22H31N3O3/c1-16-5-7-24(8-6-16)17(2)14-25-15-23-13-19(25)18-11-21-22(12-20(18)26-3)28-10-4-9-27-21/h11-13,15-17H,4-10,14H2,1-3H3/t17-/m1/s1. The van der Waals surface area contributed by atoms with Crippen molar-refractivity contribution in [2.24, 2.45) is 5.92 Å². The molecule has 0 radical (unpaired) electrons. The molecule has 0 aliphatic carbocycles. The summed E-state index contributed by atoms with van der Waals surface area (Å²) in [7, 11) is 1.70. The van der Waals surface area contributed by atoms with E-state index in [1.165, 1.54) is 25.9 Å². The lowest BCUT2D eigenvalue weighted by Gasteiger charge is -2.35. The number of aromatic nitrogens is 2. The van der Waals surface area contributed by atoms with Crippen LogP contribution in [0.5, 0.6) is 17.2 Å². The number of hydrogen-bond donors (Lipinski definition) is 0. The summed E-state index contributed by atoms with van der Waals surface area (Å²) in [4.78, 5) is 7.02. The second kappa shape index (κ2) is 8.43. The molecule has 28 heavy (non-hydrogen) atoms. The van der Waals surface area contributed by atoms with Crippen LogP contribution in [0.2, 0.25) is 0 Å². The third kappa shape index (κ3) is 3.97. The first-order valence-corrected chi connectivity index (χ1v) is 10.4. The van der Waals surface area contributed by atoms with Gasteiger partial charge in [0.05, 0.1) is 38.5 Å². The summed E-state index contributed by atoms with van der Waals surface area (Å²) in [6.07, 6.45) is 7.29. The molecule has 152 valence electrons. The van der Waals surface area contributed by atoms with Gasteiger partial charge in [-0.25, -0.2) is 4.98 Å². The zero-order chi connectivity index (χ0) is 19.5. The maximum absolute atomic E-state index is 5.89. The lowest BCUT2D eigenvalue weighted by molar-refractivity contribution is 0.135. The molecule has 0 amide bonds. The van der Waals surface area contributed by atoms with Crippen LogP contribution in [0.4, 0.5) is 0 Å². The normalized spacial score (nSPS) is 19.2. The molecule has 2 aliphatic heterocycles. The largest absolute Gasteiger partial charge is 0.496 e. The van der Waals surface area contributed by atoms with E-state index in [0.29, 0.717) is 19.3 Å². The van der Waals surface area contributed by atoms with E-state index in [2.05, 4.69) is 28.3 Å². The van der Waals surface area contributed by atoms with Gasteiger partial charge >= 0.3 is 0 Å². The quantitative estimate of drug-likeness (QED) is 0.783. The van der Waals surface area contributed by atoms with Crippen LogP contribution in [0.25, 0.3) is 11.3 Å². The number of likely N-dealkylation sites (tertiary alicyclic amines) is 1. The van der Waals surface area contributed by atoms with E-state index in [1.54, 1.807) is 7.11 Å². The highest BCUT2D eigenvalue weighted by Gasteiger charge is 2.23. The SMILES string of the molecule is COc1cc2c(cc1-c1cncn1C[C@@H](C)N1CCC(C)CC1)OCCCO2. The van der Waals surface area contributed by atoms with Gasteiger partial charge in [-0.15, -0.1) is 0 Å². The summed E-state index contributed by atoms with van der Waals surface area (Å²) in [6.45, 7) is 9.26. The average Bonchev–Trinajstić information content (AvgIpc) is 3.03. The van der Waals surface area contributed by atoms with Crippen LogP contribution in [-0.4, -0.2) is 53.9 Å². The van der Waals surface area contributed by atoms with Crippen molar-refractivity contribution in [1.82, 2.24) is 14.5 Å². The third-order valence-corrected chi connectivity index (χ3v) is 5.96. The van der Waals surface area contributed by atoms with Gasteiger partial charge in [0.2, 0.25) is 0 Å². The van der Waals surface area contributed by atoms with Gasteiger partial charge in [0.1, 0.15) is 5.75 Å². The van der Waals surface area contributed by atoms with Crippen LogP contribution in [0, 0.1) is 5.92 Å². The predicted molar refractivity (Wildman–Crippen MR) is 109 cm³/mol. The summed E-state index contributed by atoms with van der Waals surface area (Å²) in [5.74, 6) is 3.16. The minimum atomic E-state index is 0.465. The summed E-state index contributed by atoms with van der Waals surface area (Å²) in [5.41, 5.74) is 2.04. The van der Waals surface area contributed by atoms with E-state index in [0.717, 1.165) is 47.4 Å². The Hall–Kier alpha value is -2.21. The summed E-state index contributed by atoms with van der Waals surface area (Å²) < 4.78 is 19.6. The first-order chi connectivity index (χ1) is 13.7. The number of nitrogens with zero attached hydrogens (tertiary/aromatic N) is 3. The molecule has 1 aromatic carbocycles. The zero-order valence-corrected chi connectivity index (χ0v) is 17.2. The number of imidazole rings is 1. The van der Waals surface area contributed by atoms with Crippen molar-refractivity contribution < 1.29 is 14.2 Å². The summed E-state index contributed by atoms with van der Waals surface area (Å²) in [5, 5.41) is 0. The summed E-state index contributed by atoms with van der Waals surface area (Å²) >= 11 is 0. The second-order valence-corrected chi connectivity index (χ2v) is 8.05. The zero-order valence-electron chi connectivity index (χ0n) is 17.2. The van der Waals surface area contributed by atoms with Crippen molar-refractivity contribution in [3.63, 3.8) is 0 Å². The van der Waals surface area contributed by atoms with Crippen LogP contribution < -0.4 is 14.2 Å². The van der Waals surface area contributed by atoms with Gasteiger partial charge in [-0.2, -0.15) is 0 Å². The molecule has 2 aromatic rings. The van der Waals surface area contributed by atoms with E-state index in [1.807, 2.05) is 24.7 Å². The maximum Gasteiger partial charge on any atom is 0.164 e. The molecule has 1 fully saturated rings. The Balaban J connectivity index is 1.59. The highest BCUT2D eigenvalue weighted by Crippen LogP contribution is 2.41. The fourth-order valence-electron chi connectivity index (χ4n) is 4.12. The van der Waals surface area contributed by atoms with E-state index in [-0.39, 0.29) is 0 Å². The Kier molecular flexibility index (Phi) is 5.76. The molecule has 6 nitrogen and oxygen atoms in total. The molecule has 1 saturated heterocycles. The molecule has 3 heterocycles. The van der Waals surface area contributed by atoms with Gasteiger partial charge in [-0.1, -0.05) is 6.92 Å². The topological polar surface area (TPSA) is 48.8 Å². The first kappa shape index (κ1) is 19.1. The molecule has 0 saturated carbocycles. The van der Waals surface area contributed by atoms with Gasteiger partial charge in [-0.3, -0.25) is 4.90 Å². The Morgan fingerprint density at radius 1 is 1.18 bits per heavy atom. The van der Waals surface area contributed by atoms with Gasteiger partial charge in [0, 0.05) is 30.6 Å². The molecule has 2 aliphatic rings. The Morgan fingerprint density at radius 3 is 2.61 bits per heavy atom. The molecule has 0 N–H and O–H groups in total. The number of ether oxygens (including phenoxy) is 3. The number of benzene rings is 1. The van der Waals surface area contributed by atoms with Crippen LogP contribution >= 0.6 is 0 Å². The average molecular weight is 386 g/mol. The van der Waals surface area contributed by atoms with Crippen LogP contribution in [0.1, 0.15) is 33.1 Å². The molecular weight excluding hydrogens is 354 g/mol. The number of fused-ring (bicyclic) bond motifs is 1. The highest BCUT2D eigenvalue weighted by molar-refractivity contribution is 5.72. The molecule has 4 rings (SSSR count). The fourth-order valence-corrected chi connectivity index (χ4v) is 4.12. The van der Waals surface area contributed by atoms with Crippen LogP contribution in [0.3, 0.4) is 0 Å². The van der Waals surface area contributed by atoms with Crippen molar-refractivity contribution in [3.8, 4) is 28.5 Å². The minimum Gasteiger partial charge on any atom is -0.496 e. The first-order valence-electron chi connectivity index (χ1n) is 10.4. The van der Waals surface area contributed by atoms with E-state index in [9.17, 15) is 0 Å². The van der Waals surface area contributed by atoms with Crippen LogP contribution in [-0.2, 0) is 6.54 Å². The van der Waals surface area contributed by atoms with Gasteiger partial charge in [0.15, 0.2) is 11.5 Å². The molecule has 0 spiro atoms. The van der Waals surface area contributed by atoms with Gasteiger partial charge in [-0.05, 0) is 44.8 Å². The fraction of sp³-hybridized carbons (Fsp3) is 0.591. The van der Waals surface area contributed by atoms with Crippen molar-refractivity contribution in [1.29, 1.82) is 0 Å². The Morgan fingerprint density at radius 2 is 1.89 bits per heavy atom. The second-order valence-electron chi connectivity index (χ2n) is 8.05.